The number of esters is 2. The number of ether oxygens (including phenoxy) is 2. The first-order chi connectivity index (χ1) is 14.5. The van der Waals surface area contributed by atoms with Crippen LogP contribution in [-0.4, -0.2) is 46.4 Å². The van der Waals surface area contributed by atoms with Gasteiger partial charge in [0, 0.05) is 29.8 Å². The fourth-order valence-electron chi connectivity index (χ4n) is 2.17. The number of halogens is 1. The summed E-state index contributed by atoms with van der Waals surface area (Å²) in [5.74, 6) is -1.45. The van der Waals surface area contributed by atoms with Crippen LogP contribution in [0, 0.1) is 20.2 Å². The van der Waals surface area contributed by atoms with Gasteiger partial charge in [0.15, 0.2) is 0 Å². The standard InChI is InChI=1S/C9H6ClNO5.C9H9NO5/c1-16-9(13)6-2-5(8(10)12)3-7(4-6)11(14)15;1-15-9(12)7-2-6(5-11)3-8(4-7)10(13)14/h2-4H,1H3;2-4,11H,5H2,1H3. The van der Waals surface area contributed by atoms with E-state index in [1.807, 2.05) is 0 Å². The van der Waals surface area contributed by atoms with Gasteiger partial charge in [-0.3, -0.25) is 25.0 Å². The van der Waals surface area contributed by atoms with Crippen molar-refractivity contribution < 1.29 is 38.8 Å². The Hall–Kier alpha value is -3.90. The third kappa shape index (κ3) is 7.13. The first-order valence-corrected chi connectivity index (χ1v) is 8.47. The molecule has 0 aliphatic carbocycles. The summed E-state index contributed by atoms with van der Waals surface area (Å²) in [6.07, 6.45) is 0. The molecule has 31 heavy (non-hydrogen) atoms. The normalized spacial score (nSPS) is 9.68. The first kappa shape index (κ1) is 25.1. The molecule has 0 unspecified atom stereocenters. The Morgan fingerprint density at radius 1 is 0.839 bits per heavy atom. The third-order valence-corrected chi connectivity index (χ3v) is 3.79. The average molecular weight is 455 g/mol. The maximum atomic E-state index is 11.2. The quantitative estimate of drug-likeness (QED) is 0.295. The van der Waals surface area contributed by atoms with Crippen LogP contribution < -0.4 is 0 Å². The highest BCUT2D eigenvalue weighted by molar-refractivity contribution is 6.67. The van der Waals surface area contributed by atoms with Crippen molar-refractivity contribution in [1.82, 2.24) is 0 Å². The molecule has 2 aromatic carbocycles. The van der Waals surface area contributed by atoms with Crippen molar-refractivity contribution in [2.75, 3.05) is 14.2 Å². The maximum absolute atomic E-state index is 11.2. The molecule has 2 aromatic rings. The molecule has 0 aliphatic heterocycles. The maximum Gasteiger partial charge on any atom is 0.338 e. The summed E-state index contributed by atoms with van der Waals surface area (Å²) in [5.41, 5.74) is -0.522. The van der Waals surface area contributed by atoms with Gasteiger partial charge in [-0.25, -0.2) is 9.59 Å². The van der Waals surface area contributed by atoms with Crippen LogP contribution in [0.15, 0.2) is 36.4 Å². The Morgan fingerprint density at radius 2 is 1.26 bits per heavy atom. The van der Waals surface area contributed by atoms with E-state index in [0.29, 0.717) is 5.56 Å². The number of methoxy groups -OCH3 is 2. The molecule has 1 N–H and O–H groups in total. The monoisotopic (exact) mass is 454 g/mol. The van der Waals surface area contributed by atoms with Crippen LogP contribution in [0.25, 0.3) is 0 Å². The van der Waals surface area contributed by atoms with Gasteiger partial charge in [0.2, 0.25) is 0 Å². The molecule has 0 aromatic heterocycles. The third-order valence-electron chi connectivity index (χ3n) is 3.57. The second-order valence-electron chi connectivity index (χ2n) is 5.59. The van der Waals surface area contributed by atoms with Crippen molar-refractivity contribution in [2.45, 2.75) is 6.61 Å². The highest BCUT2D eigenvalue weighted by Gasteiger charge is 2.17. The van der Waals surface area contributed by atoms with Gasteiger partial charge in [0.05, 0.1) is 41.8 Å². The SMILES string of the molecule is COC(=O)c1cc(C(=O)Cl)cc([N+](=O)[O-])c1.COC(=O)c1cc(CO)cc([N+](=O)[O-])c1. The lowest BCUT2D eigenvalue weighted by Gasteiger charge is -2.02. The van der Waals surface area contributed by atoms with E-state index in [4.69, 9.17) is 16.7 Å². The zero-order valence-electron chi connectivity index (χ0n) is 16.1. The summed E-state index contributed by atoms with van der Waals surface area (Å²) in [6.45, 7) is -0.369. The number of nitrogens with zero attached hydrogens (tertiary/aromatic N) is 2. The first-order valence-electron chi connectivity index (χ1n) is 8.09. The highest BCUT2D eigenvalue weighted by Crippen LogP contribution is 2.19. The predicted molar refractivity (Wildman–Crippen MR) is 105 cm³/mol. The van der Waals surface area contributed by atoms with E-state index in [0.717, 1.165) is 31.4 Å². The lowest BCUT2D eigenvalue weighted by molar-refractivity contribution is -0.385. The Bertz CT molecular complexity index is 1010. The fraction of sp³-hybridized carbons (Fsp3) is 0.167. The van der Waals surface area contributed by atoms with Crippen LogP contribution >= 0.6 is 11.6 Å². The Labute approximate surface area is 179 Å². The van der Waals surface area contributed by atoms with E-state index in [1.165, 1.54) is 19.2 Å². The van der Waals surface area contributed by atoms with Crippen LogP contribution in [-0.2, 0) is 16.1 Å². The van der Waals surface area contributed by atoms with E-state index in [1.54, 1.807) is 0 Å². The second kappa shape index (κ2) is 11.3. The van der Waals surface area contributed by atoms with Crippen molar-refractivity contribution in [2.24, 2.45) is 0 Å². The van der Waals surface area contributed by atoms with Gasteiger partial charge in [-0.2, -0.15) is 0 Å². The zero-order valence-corrected chi connectivity index (χ0v) is 16.8. The molecular formula is C18H15ClN2O10. The predicted octanol–water partition coefficient (Wildman–Crippen LogP) is 2.63. The molecule has 0 atom stereocenters. The summed E-state index contributed by atoms with van der Waals surface area (Å²) in [7, 11) is 2.31. The Kier molecular flexibility index (Phi) is 9.19. The molecule has 13 heteroatoms. The van der Waals surface area contributed by atoms with Crippen LogP contribution in [0.3, 0.4) is 0 Å². The van der Waals surface area contributed by atoms with E-state index in [-0.39, 0.29) is 29.0 Å². The van der Waals surface area contributed by atoms with Crippen molar-refractivity contribution in [3.05, 3.63) is 78.9 Å². The number of non-ortho nitro benzene ring substituents is 2. The second-order valence-corrected chi connectivity index (χ2v) is 5.93. The molecule has 0 saturated carbocycles. The average Bonchev–Trinajstić information content (AvgIpc) is 2.77. The van der Waals surface area contributed by atoms with Crippen molar-refractivity contribution in [1.29, 1.82) is 0 Å². The van der Waals surface area contributed by atoms with Crippen LogP contribution in [0.5, 0.6) is 0 Å². The van der Waals surface area contributed by atoms with Gasteiger partial charge < -0.3 is 14.6 Å². The molecule has 12 nitrogen and oxygen atoms in total. The summed E-state index contributed by atoms with van der Waals surface area (Å²) < 4.78 is 8.82. The smallest absolute Gasteiger partial charge is 0.338 e. The topological polar surface area (TPSA) is 176 Å². The largest absolute Gasteiger partial charge is 0.465 e. The van der Waals surface area contributed by atoms with Gasteiger partial charge in [0.1, 0.15) is 0 Å². The lowest BCUT2D eigenvalue weighted by atomic mass is 10.1. The van der Waals surface area contributed by atoms with Gasteiger partial charge in [0.25, 0.3) is 16.6 Å². The summed E-state index contributed by atoms with van der Waals surface area (Å²) in [6, 6.07) is 6.78. The molecule has 0 saturated heterocycles. The number of carbonyl (C=O) groups is 3. The highest BCUT2D eigenvalue weighted by atomic mass is 35.5. The number of aliphatic hydroxyl groups excluding tert-OH is 1. The number of rotatable bonds is 6. The summed E-state index contributed by atoms with van der Waals surface area (Å²) in [5, 5.41) is 29.0. The Morgan fingerprint density at radius 3 is 1.65 bits per heavy atom. The molecule has 0 heterocycles. The molecule has 0 amide bonds. The summed E-state index contributed by atoms with van der Waals surface area (Å²) >= 11 is 5.19. The number of aliphatic hydroxyl groups is 1. The van der Waals surface area contributed by atoms with E-state index < -0.39 is 32.7 Å². The molecule has 0 aliphatic rings. The van der Waals surface area contributed by atoms with Crippen molar-refractivity contribution in [3.8, 4) is 0 Å². The molecule has 0 spiro atoms. The van der Waals surface area contributed by atoms with Crippen LogP contribution in [0.4, 0.5) is 11.4 Å². The minimum absolute atomic E-state index is 0.0516. The van der Waals surface area contributed by atoms with Gasteiger partial charge >= 0.3 is 11.9 Å². The minimum atomic E-state index is -0.881. The van der Waals surface area contributed by atoms with E-state index in [9.17, 15) is 34.6 Å². The minimum Gasteiger partial charge on any atom is -0.465 e. The van der Waals surface area contributed by atoms with Crippen molar-refractivity contribution in [3.63, 3.8) is 0 Å². The molecule has 0 radical (unpaired) electrons. The van der Waals surface area contributed by atoms with Gasteiger partial charge in [-0.1, -0.05) is 0 Å². The van der Waals surface area contributed by atoms with Crippen LogP contribution in [0.2, 0.25) is 0 Å². The molecule has 2 rings (SSSR count). The van der Waals surface area contributed by atoms with Gasteiger partial charge in [-0.15, -0.1) is 0 Å². The lowest BCUT2D eigenvalue weighted by Crippen LogP contribution is -2.04. The molecule has 164 valence electrons. The van der Waals surface area contributed by atoms with Crippen LogP contribution in [0.1, 0.15) is 36.6 Å². The number of nitro groups is 2. The molecular weight excluding hydrogens is 440 g/mol. The Balaban J connectivity index is 0.000000311. The number of benzene rings is 2. The molecule has 0 bridgehead atoms. The molecule has 0 fully saturated rings. The van der Waals surface area contributed by atoms with E-state index in [2.05, 4.69) is 9.47 Å². The summed E-state index contributed by atoms with van der Waals surface area (Å²) in [4.78, 5) is 52.9. The van der Waals surface area contributed by atoms with E-state index >= 15 is 0 Å². The number of nitro benzene ring substituents is 2. The number of hydrogen-bond donors (Lipinski definition) is 1. The number of carbonyl (C=O) groups excluding carboxylic acids is 3. The van der Waals surface area contributed by atoms with Gasteiger partial charge in [-0.05, 0) is 29.3 Å². The fourth-order valence-corrected chi connectivity index (χ4v) is 2.28. The zero-order chi connectivity index (χ0) is 23.7. The van der Waals surface area contributed by atoms with Crippen molar-refractivity contribution >= 4 is 40.2 Å². The number of hydrogen-bond acceptors (Lipinski definition) is 10.